The summed E-state index contributed by atoms with van der Waals surface area (Å²) in [7, 11) is -2.12. The molecule has 176 valence electrons. The molecule has 3 rings (SSSR count). The molecule has 0 saturated carbocycles. The molecule has 2 amide bonds. The maximum atomic E-state index is 12.7. The Hall–Kier alpha value is -2.89. The standard InChI is InChI=1S/C21H25ClN6O4S/c1-6-20(29)27-10-12(2)28(33(5,31)32)18(11-27)14-7-15(26-19(22)8-14)16-9-17(21(30)23-4)25-13(3)24-16/h6-9,12,18H,1,10-11H2,2-5H3,(H,23,30)/t12-,18?/m0/s1. The fraction of sp³-hybridized carbons (Fsp3) is 0.381. The maximum absolute atomic E-state index is 12.7. The molecule has 0 bridgehead atoms. The Balaban J connectivity index is 2.14. The second-order valence-corrected chi connectivity index (χ2v) is 10.1. The highest BCUT2D eigenvalue weighted by atomic mass is 35.5. The SMILES string of the molecule is C=CC(=O)N1CC(c2cc(Cl)nc(-c3cc(C(=O)NC)nc(C)n3)c2)N(S(C)(=O)=O)[C@@H](C)C1. The number of amides is 2. The number of carbonyl (C=O) groups is 2. The molecule has 1 N–H and O–H groups in total. The molecule has 12 heteroatoms. The molecule has 0 aliphatic carbocycles. The molecule has 0 radical (unpaired) electrons. The Labute approximate surface area is 197 Å². The van der Waals surface area contributed by atoms with Gasteiger partial charge in [-0.2, -0.15) is 4.31 Å². The van der Waals surface area contributed by atoms with Crippen molar-refractivity contribution in [1.29, 1.82) is 0 Å². The van der Waals surface area contributed by atoms with Crippen LogP contribution < -0.4 is 5.32 Å². The molecule has 0 spiro atoms. The van der Waals surface area contributed by atoms with E-state index in [4.69, 9.17) is 11.6 Å². The normalized spacial score (nSPS) is 19.2. The first-order valence-electron chi connectivity index (χ1n) is 10.1. The van der Waals surface area contributed by atoms with Crippen molar-refractivity contribution in [2.45, 2.75) is 25.9 Å². The second-order valence-electron chi connectivity index (χ2n) is 7.78. The van der Waals surface area contributed by atoms with Crippen molar-refractivity contribution < 1.29 is 18.0 Å². The van der Waals surface area contributed by atoms with E-state index in [9.17, 15) is 18.0 Å². The van der Waals surface area contributed by atoms with E-state index in [0.29, 0.717) is 22.8 Å². The Morgan fingerprint density at radius 2 is 1.85 bits per heavy atom. The molecule has 0 aromatic carbocycles. The van der Waals surface area contributed by atoms with Crippen molar-refractivity contribution in [3.8, 4) is 11.4 Å². The van der Waals surface area contributed by atoms with Gasteiger partial charge in [-0.1, -0.05) is 18.2 Å². The molecule has 33 heavy (non-hydrogen) atoms. The summed E-state index contributed by atoms with van der Waals surface area (Å²) in [6, 6.07) is 3.54. The molecule has 2 atom stereocenters. The zero-order chi connectivity index (χ0) is 24.5. The number of aromatic nitrogens is 3. The number of nitrogens with one attached hydrogen (secondary N) is 1. The first-order chi connectivity index (χ1) is 15.4. The summed E-state index contributed by atoms with van der Waals surface area (Å²) in [4.78, 5) is 38.8. The van der Waals surface area contributed by atoms with E-state index in [1.54, 1.807) is 30.9 Å². The average molecular weight is 493 g/mol. The minimum absolute atomic E-state index is 0.119. The van der Waals surface area contributed by atoms with Gasteiger partial charge in [-0.3, -0.25) is 9.59 Å². The average Bonchev–Trinajstić information content (AvgIpc) is 2.75. The summed E-state index contributed by atoms with van der Waals surface area (Å²) in [5.41, 5.74) is 1.41. The molecule has 10 nitrogen and oxygen atoms in total. The number of sulfonamides is 1. The number of carbonyl (C=O) groups excluding carboxylic acids is 2. The minimum atomic E-state index is -3.62. The zero-order valence-electron chi connectivity index (χ0n) is 18.7. The number of aryl methyl sites for hydroxylation is 1. The number of halogens is 1. The lowest BCUT2D eigenvalue weighted by Crippen LogP contribution is -2.56. The van der Waals surface area contributed by atoms with Gasteiger partial charge in [-0.25, -0.2) is 23.4 Å². The van der Waals surface area contributed by atoms with Crippen molar-refractivity contribution in [1.82, 2.24) is 29.5 Å². The van der Waals surface area contributed by atoms with E-state index >= 15 is 0 Å². The van der Waals surface area contributed by atoms with Crippen molar-refractivity contribution in [2.24, 2.45) is 0 Å². The van der Waals surface area contributed by atoms with Crippen LogP contribution in [-0.2, 0) is 14.8 Å². The lowest BCUT2D eigenvalue weighted by molar-refractivity contribution is -0.129. The van der Waals surface area contributed by atoms with E-state index < -0.39 is 22.1 Å². The lowest BCUT2D eigenvalue weighted by atomic mass is 10.0. The number of nitrogens with zero attached hydrogens (tertiary/aromatic N) is 5. The highest BCUT2D eigenvalue weighted by Gasteiger charge is 2.40. The zero-order valence-corrected chi connectivity index (χ0v) is 20.3. The summed E-state index contributed by atoms with van der Waals surface area (Å²) < 4.78 is 26.7. The van der Waals surface area contributed by atoms with Gasteiger partial charge in [-0.05, 0) is 43.7 Å². The van der Waals surface area contributed by atoms with Gasteiger partial charge in [0, 0.05) is 26.2 Å². The molecule has 1 aliphatic rings. The lowest BCUT2D eigenvalue weighted by Gasteiger charge is -2.44. The van der Waals surface area contributed by atoms with Crippen LogP contribution in [0.1, 0.15) is 34.8 Å². The molecule has 1 aliphatic heterocycles. The van der Waals surface area contributed by atoms with Gasteiger partial charge in [0.25, 0.3) is 5.91 Å². The molecule has 3 heterocycles. The van der Waals surface area contributed by atoms with Crippen molar-refractivity contribution in [3.05, 3.63) is 53.1 Å². The van der Waals surface area contributed by atoms with Crippen LogP contribution in [0, 0.1) is 6.92 Å². The Kier molecular flexibility index (Phi) is 7.15. The fourth-order valence-electron chi connectivity index (χ4n) is 3.97. The van der Waals surface area contributed by atoms with Crippen LogP contribution in [0.2, 0.25) is 5.15 Å². The number of piperazine rings is 1. The predicted molar refractivity (Wildman–Crippen MR) is 124 cm³/mol. The van der Waals surface area contributed by atoms with E-state index in [1.807, 2.05) is 0 Å². The molecule has 1 saturated heterocycles. The van der Waals surface area contributed by atoms with Gasteiger partial charge >= 0.3 is 0 Å². The highest BCUT2D eigenvalue weighted by Crippen LogP contribution is 2.34. The van der Waals surface area contributed by atoms with Crippen LogP contribution in [0.5, 0.6) is 0 Å². The molecular weight excluding hydrogens is 468 g/mol. The molecule has 1 fully saturated rings. The summed E-state index contributed by atoms with van der Waals surface area (Å²) in [6.07, 6.45) is 2.34. The largest absolute Gasteiger partial charge is 0.354 e. The monoisotopic (exact) mass is 492 g/mol. The second kappa shape index (κ2) is 9.54. The predicted octanol–water partition coefficient (Wildman–Crippen LogP) is 1.58. The highest BCUT2D eigenvalue weighted by molar-refractivity contribution is 7.88. The number of hydrogen-bond acceptors (Lipinski definition) is 7. The Bertz CT molecular complexity index is 1220. The molecular formula is C21H25ClN6O4S. The first-order valence-corrected chi connectivity index (χ1v) is 12.3. The van der Waals surface area contributed by atoms with Crippen molar-refractivity contribution in [3.63, 3.8) is 0 Å². The smallest absolute Gasteiger partial charge is 0.269 e. The van der Waals surface area contributed by atoms with Crippen molar-refractivity contribution in [2.75, 3.05) is 26.4 Å². The van der Waals surface area contributed by atoms with E-state index in [0.717, 1.165) is 6.26 Å². The summed E-state index contributed by atoms with van der Waals surface area (Å²) in [5.74, 6) is -0.310. The van der Waals surface area contributed by atoms with Gasteiger partial charge in [0.1, 0.15) is 16.7 Å². The number of pyridine rings is 1. The Morgan fingerprint density at radius 3 is 2.45 bits per heavy atom. The molecule has 2 aromatic heterocycles. The number of hydrogen-bond donors (Lipinski definition) is 1. The summed E-state index contributed by atoms with van der Waals surface area (Å²) in [6.45, 7) is 7.27. The summed E-state index contributed by atoms with van der Waals surface area (Å²) in [5, 5.41) is 2.63. The molecule has 1 unspecified atom stereocenters. The Morgan fingerprint density at radius 1 is 1.18 bits per heavy atom. The van der Waals surface area contributed by atoms with Crippen molar-refractivity contribution >= 4 is 33.4 Å². The third kappa shape index (κ3) is 5.37. The van der Waals surface area contributed by atoms with Gasteiger partial charge < -0.3 is 10.2 Å². The third-order valence-corrected chi connectivity index (χ3v) is 6.82. The van der Waals surface area contributed by atoms with Crippen LogP contribution in [0.25, 0.3) is 11.4 Å². The topological polar surface area (TPSA) is 125 Å². The van der Waals surface area contributed by atoms with Gasteiger partial charge in [-0.15, -0.1) is 0 Å². The maximum Gasteiger partial charge on any atom is 0.269 e. The van der Waals surface area contributed by atoms with E-state index in [1.165, 1.54) is 23.5 Å². The van der Waals surface area contributed by atoms with Crippen LogP contribution in [0.3, 0.4) is 0 Å². The van der Waals surface area contributed by atoms with Gasteiger partial charge in [0.15, 0.2) is 0 Å². The van der Waals surface area contributed by atoms with Crippen LogP contribution in [0.4, 0.5) is 0 Å². The van der Waals surface area contributed by atoms with E-state index in [-0.39, 0.29) is 35.8 Å². The van der Waals surface area contributed by atoms with Gasteiger partial charge in [0.05, 0.1) is 23.7 Å². The first kappa shape index (κ1) is 24.7. The third-order valence-electron chi connectivity index (χ3n) is 5.25. The minimum Gasteiger partial charge on any atom is -0.354 e. The number of rotatable bonds is 5. The van der Waals surface area contributed by atoms with Crippen LogP contribution >= 0.6 is 11.6 Å². The fourth-order valence-corrected chi connectivity index (χ4v) is 5.56. The quantitative estimate of drug-likeness (QED) is 0.496. The van der Waals surface area contributed by atoms with E-state index in [2.05, 4.69) is 26.8 Å². The van der Waals surface area contributed by atoms with Crippen LogP contribution in [-0.4, -0.2) is 76.8 Å². The summed E-state index contributed by atoms with van der Waals surface area (Å²) >= 11 is 6.31. The van der Waals surface area contributed by atoms with Gasteiger partial charge in [0.2, 0.25) is 15.9 Å². The van der Waals surface area contributed by atoms with Crippen LogP contribution in [0.15, 0.2) is 30.9 Å². The molecule has 2 aromatic rings.